The summed E-state index contributed by atoms with van der Waals surface area (Å²) in [5.74, 6) is -1.95. The van der Waals surface area contributed by atoms with Crippen molar-refractivity contribution >= 4 is 16.9 Å². The zero-order valence-corrected chi connectivity index (χ0v) is 16.8. The second-order valence-corrected chi connectivity index (χ2v) is 7.57. The Morgan fingerprint density at radius 2 is 1.78 bits per heavy atom. The zero-order valence-electron chi connectivity index (χ0n) is 16.8. The van der Waals surface area contributed by atoms with Crippen LogP contribution in [0.1, 0.15) is 22.6 Å². The molecule has 156 valence electrons. The molecule has 0 bridgehead atoms. The number of hydrogen-bond acceptors (Lipinski definition) is 5. The second kappa shape index (κ2) is 7.75. The van der Waals surface area contributed by atoms with E-state index in [1.54, 1.807) is 71.6 Å². The molecule has 2 aromatic heterocycles. The summed E-state index contributed by atoms with van der Waals surface area (Å²) in [6.45, 7) is 0.335. The van der Waals surface area contributed by atoms with Crippen LogP contribution in [0.5, 0.6) is 5.75 Å². The highest BCUT2D eigenvalue weighted by atomic mass is 19.1. The number of pyridine rings is 1. The molecule has 5 rings (SSSR count). The molecule has 32 heavy (non-hydrogen) atoms. The summed E-state index contributed by atoms with van der Waals surface area (Å²) >= 11 is 0. The molecule has 2 unspecified atom stereocenters. The van der Waals surface area contributed by atoms with Gasteiger partial charge in [0.2, 0.25) is 5.90 Å². The van der Waals surface area contributed by atoms with E-state index in [1.165, 1.54) is 6.07 Å². The van der Waals surface area contributed by atoms with E-state index >= 15 is 0 Å². The van der Waals surface area contributed by atoms with Gasteiger partial charge >= 0.3 is 5.63 Å². The van der Waals surface area contributed by atoms with Crippen molar-refractivity contribution in [3.63, 3.8) is 0 Å². The maximum atomic E-state index is 14.0. The largest absolute Gasteiger partial charge is 0.441 e. The molecular formula is C25H17FN3O3+. The molecule has 0 spiro atoms. The first kappa shape index (κ1) is 19.6. The van der Waals surface area contributed by atoms with Crippen molar-refractivity contribution in [2.24, 2.45) is 5.92 Å². The predicted octanol–water partition coefficient (Wildman–Crippen LogP) is 3.91. The van der Waals surface area contributed by atoms with E-state index in [0.717, 1.165) is 0 Å². The fraction of sp³-hybridized carbons (Fsp3) is 0.120. The minimum absolute atomic E-state index is 0.219. The first-order valence-corrected chi connectivity index (χ1v) is 10.0. The van der Waals surface area contributed by atoms with E-state index in [2.05, 4.69) is 6.07 Å². The van der Waals surface area contributed by atoms with Crippen molar-refractivity contribution in [3.05, 3.63) is 106 Å². The molecule has 0 saturated heterocycles. The maximum Gasteiger partial charge on any atom is 0.343 e. The van der Waals surface area contributed by atoms with Crippen LogP contribution in [-0.4, -0.2) is 5.90 Å². The van der Waals surface area contributed by atoms with Gasteiger partial charge in [0.25, 0.3) is 0 Å². The molecule has 0 aliphatic carbocycles. The fourth-order valence-corrected chi connectivity index (χ4v) is 4.10. The first-order valence-electron chi connectivity index (χ1n) is 10.0. The summed E-state index contributed by atoms with van der Waals surface area (Å²) in [5, 5.41) is 18.6. The Labute approximate surface area is 182 Å². The Morgan fingerprint density at radius 3 is 2.53 bits per heavy atom. The number of para-hydroxylation sites is 1. The van der Waals surface area contributed by atoms with Crippen LogP contribution in [0.3, 0.4) is 0 Å². The molecule has 3 heterocycles. The van der Waals surface area contributed by atoms with E-state index in [-0.39, 0.29) is 23.0 Å². The number of aromatic nitrogens is 1. The van der Waals surface area contributed by atoms with Gasteiger partial charge in [0, 0.05) is 18.1 Å². The monoisotopic (exact) mass is 426 g/mol. The number of hydrogen-bond donors (Lipinski definition) is 1. The highest BCUT2D eigenvalue weighted by molar-refractivity contribution is 5.92. The van der Waals surface area contributed by atoms with Crippen LogP contribution in [0.2, 0.25) is 0 Å². The summed E-state index contributed by atoms with van der Waals surface area (Å²) in [7, 11) is 0. The number of nitriles is 1. The Balaban J connectivity index is 1.60. The van der Waals surface area contributed by atoms with E-state index in [0.29, 0.717) is 28.6 Å². The molecule has 1 N–H and O–H groups in total. The van der Waals surface area contributed by atoms with Gasteiger partial charge in [0.15, 0.2) is 24.7 Å². The highest BCUT2D eigenvalue weighted by Crippen LogP contribution is 2.43. The van der Waals surface area contributed by atoms with Crippen molar-refractivity contribution in [1.82, 2.24) is 0 Å². The molecule has 2 aromatic carbocycles. The Bertz CT molecular complexity index is 1450. The van der Waals surface area contributed by atoms with Crippen LogP contribution >= 0.6 is 0 Å². The lowest BCUT2D eigenvalue weighted by Gasteiger charge is -2.29. The Morgan fingerprint density at radius 1 is 1.06 bits per heavy atom. The maximum absolute atomic E-state index is 14.0. The standard InChI is InChI=1S/C25H17FN3O3/c26-19-7-3-1-5-16(19)14-29-11-9-15(10-12-29)21-18(13-27)24(28)32-23-17-6-2-4-8-20(17)31-25(30)22(21)23/h1-12,18,21,28H,14H2/q+1. The van der Waals surface area contributed by atoms with Crippen LogP contribution in [0.25, 0.3) is 11.0 Å². The molecule has 0 fully saturated rings. The van der Waals surface area contributed by atoms with Gasteiger partial charge in [-0.25, -0.2) is 13.8 Å². The third-order valence-corrected chi connectivity index (χ3v) is 5.66. The third kappa shape index (κ3) is 3.22. The minimum Gasteiger partial charge on any atom is -0.441 e. The van der Waals surface area contributed by atoms with Gasteiger partial charge < -0.3 is 9.15 Å². The van der Waals surface area contributed by atoms with E-state index in [4.69, 9.17) is 14.6 Å². The summed E-state index contributed by atoms with van der Waals surface area (Å²) in [6.07, 6.45) is 3.52. The average Bonchev–Trinajstić information content (AvgIpc) is 2.80. The molecule has 1 aliphatic heterocycles. The van der Waals surface area contributed by atoms with Crippen LogP contribution < -0.4 is 14.9 Å². The summed E-state index contributed by atoms with van der Waals surface area (Å²) in [6, 6.07) is 19.1. The number of nitrogens with zero attached hydrogens (tertiary/aromatic N) is 2. The molecule has 2 atom stereocenters. The van der Waals surface area contributed by atoms with Crippen molar-refractivity contribution in [2.45, 2.75) is 12.5 Å². The smallest absolute Gasteiger partial charge is 0.343 e. The number of nitrogens with one attached hydrogen (secondary N) is 1. The average molecular weight is 426 g/mol. The first-order chi connectivity index (χ1) is 15.6. The minimum atomic E-state index is -0.978. The Kier molecular flexibility index (Phi) is 4.75. The summed E-state index contributed by atoms with van der Waals surface area (Å²) in [4.78, 5) is 12.9. The van der Waals surface area contributed by atoms with E-state index < -0.39 is 17.5 Å². The number of rotatable bonds is 3. The number of benzene rings is 2. The number of halogens is 1. The number of ether oxygens (including phenoxy) is 1. The molecular weight excluding hydrogens is 409 g/mol. The molecule has 6 nitrogen and oxygen atoms in total. The fourth-order valence-electron chi connectivity index (χ4n) is 4.10. The van der Waals surface area contributed by atoms with Gasteiger partial charge in [-0.1, -0.05) is 24.3 Å². The van der Waals surface area contributed by atoms with Crippen molar-refractivity contribution in [3.8, 4) is 11.8 Å². The second-order valence-electron chi connectivity index (χ2n) is 7.57. The van der Waals surface area contributed by atoms with Gasteiger partial charge in [0.05, 0.1) is 22.6 Å². The van der Waals surface area contributed by atoms with Crippen LogP contribution in [-0.2, 0) is 6.54 Å². The Hall–Kier alpha value is -4.31. The molecule has 1 aliphatic rings. The molecule has 4 aromatic rings. The topological polar surface area (TPSA) is 91.0 Å². The highest BCUT2D eigenvalue weighted by Gasteiger charge is 2.41. The normalized spacial score (nSPS) is 17.4. The van der Waals surface area contributed by atoms with Crippen molar-refractivity contribution < 1.29 is 18.1 Å². The molecule has 0 amide bonds. The van der Waals surface area contributed by atoms with Gasteiger partial charge in [-0.05, 0) is 29.8 Å². The van der Waals surface area contributed by atoms with Gasteiger partial charge in [-0.15, -0.1) is 0 Å². The van der Waals surface area contributed by atoms with E-state index in [1.807, 2.05) is 0 Å². The third-order valence-electron chi connectivity index (χ3n) is 5.66. The van der Waals surface area contributed by atoms with Gasteiger partial charge in [0.1, 0.15) is 17.3 Å². The van der Waals surface area contributed by atoms with Gasteiger partial charge in [-0.3, -0.25) is 5.41 Å². The van der Waals surface area contributed by atoms with Gasteiger partial charge in [-0.2, -0.15) is 5.26 Å². The summed E-state index contributed by atoms with van der Waals surface area (Å²) in [5.41, 5.74) is 1.19. The van der Waals surface area contributed by atoms with Crippen LogP contribution in [0.4, 0.5) is 4.39 Å². The molecule has 0 radical (unpaired) electrons. The molecule has 0 saturated carbocycles. The number of fused-ring (bicyclic) bond motifs is 3. The lowest BCUT2D eigenvalue weighted by atomic mass is 9.79. The predicted molar refractivity (Wildman–Crippen MR) is 114 cm³/mol. The lowest BCUT2D eigenvalue weighted by molar-refractivity contribution is -0.688. The van der Waals surface area contributed by atoms with E-state index in [9.17, 15) is 14.4 Å². The van der Waals surface area contributed by atoms with Crippen LogP contribution in [0, 0.1) is 28.5 Å². The quantitative estimate of drug-likeness (QED) is 0.397. The van der Waals surface area contributed by atoms with Crippen molar-refractivity contribution in [1.29, 1.82) is 10.7 Å². The summed E-state index contributed by atoms with van der Waals surface area (Å²) < 4.78 is 26.9. The van der Waals surface area contributed by atoms with Crippen molar-refractivity contribution in [2.75, 3.05) is 0 Å². The zero-order chi connectivity index (χ0) is 22.2. The molecule has 7 heteroatoms. The SMILES string of the molecule is N#CC1C(=N)Oc2c(c(=O)oc3ccccc23)C1c1cc[n+](Cc2ccccc2F)cc1. The lowest BCUT2D eigenvalue weighted by Crippen LogP contribution is -2.36. The van der Waals surface area contributed by atoms with Crippen LogP contribution in [0.15, 0.2) is 82.3 Å².